The molecule has 0 aromatic carbocycles. The molecule has 5 heteroatoms. The number of hydrogen-bond acceptors (Lipinski definition) is 5. The minimum absolute atomic E-state index is 0.775. The van der Waals surface area contributed by atoms with Gasteiger partial charge in [0.1, 0.15) is 10.9 Å². The normalized spacial score (nSPS) is 10.4. The summed E-state index contributed by atoms with van der Waals surface area (Å²) in [5, 5.41) is 15.3. The lowest BCUT2D eigenvalue weighted by molar-refractivity contribution is 0.687. The average molecular weight is 263 g/mol. The van der Waals surface area contributed by atoms with Gasteiger partial charge in [-0.3, -0.25) is 0 Å². The summed E-state index contributed by atoms with van der Waals surface area (Å²) < 4.78 is 0. The number of aromatic nitrogens is 1. The number of hydrogen-bond donors (Lipinski definition) is 1. The third-order valence-electron chi connectivity index (χ3n) is 2.30. The maximum atomic E-state index is 8.71. The standard InChI is InChI=1S/C12H13N3S2/c1-9-15-10(8-16-9)4-5-14-7-12-3-2-11(6-13)17-12/h2-3,8,14H,4-5,7H2,1H3. The summed E-state index contributed by atoms with van der Waals surface area (Å²) in [6.45, 7) is 3.77. The Morgan fingerprint density at radius 3 is 3.00 bits per heavy atom. The maximum absolute atomic E-state index is 8.71. The molecular weight excluding hydrogens is 250 g/mol. The van der Waals surface area contributed by atoms with E-state index in [2.05, 4.69) is 21.8 Å². The first-order valence-corrected chi connectivity index (χ1v) is 7.08. The Bertz CT molecular complexity index is 522. The Labute approximate surface area is 109 Å². The predicted molar refractivity (Wildman–Crippen MR) is 71.3 cm³/mol. The zero-order valence-electron chi connectivity index (χ0n) is 9.56. The van der Waals surface area contributed by atoms with E-state index in [9.17, 15) is 0 Å². The Morgan fingerprint density at radius 2 is 2.35 bits per heavy atom. The molecule has 2 aromatic rings. The highest BCUT2D eigenvalue weighted by Crippen LogP contribution is 2.14. The van der Waals surface area contributed by atoms with E-state index >= 15 is 0 Å². The van der Waals surface area contributed by atoms with Gasteiger partial charge in [-0.2, -0.15) is 5.26 Å². The molecule has 0 unspecified atom stereocenters. The smallest absolute Gasteiger partial charge is 0.110 e. The van der Waals surface area contributed by atoms with E-state index in [4.69, 9.17) is 5.26 Å². The fraction of sp³-hybridized carbons (Fsp3) is 0.333. The van der Waals surface area contributed by atoms with E-state index in [0.29, 0.717) is 0 Å². The minimum Gasteiger partial charge on any atom is -0.311 e. The Hall–Kier alpha value is -1.22. The van der Waals surface area contributed by atoms with E-state index in [-0.39, 0.29) is 0 Å². The van der Waals surface area contributed by atoms with E-state index in [1.165, 1.54) is 4.88 Å². The SMILES string of the molecule is Cc1nc(CCNCc2ccc(C#N)s2)cs1. The van der Waals surface area contributed by atoms with Crippen molar-refractivity contribution in [3.05, 3.63) is 38.0 Å². The second kappa shape index (κ2) is 5.92. The highest BCUT2D eigenvalue weighted by Gasteiger charge is 2.00. The van der Waals surface area contributed by atoms with E-state index in [1.807, 2.05) is 19.1 Å². The van der Waals surface area contributed by atoms with Gasteiger partial charge in [0.25, 0.3) is 0 Å². The van der Waals surface area contributed by atoms with Crippen molar-refractivity contribution in [2.45, 2.75) is 19.9 Å². The van der Waals surface area contributed by atoms with Crippen molar-refractivity contribution in [3.8, 4) is 6.07 Å². The molecular formula is C12H13N3S2. The van der Waals surface area contributed by atoms with Gasteiger partial charge < -0.3 is 5.32 Å². The van der Waals surface area contributed by atoms with E-state index < -0.39 is 0 Å². The van der Waals surface area contributed by atoms with Crippen molar-refractivity contribution in [1.29, 1.82) is 5.26 Å². The fourth-order valence-electron chi connectivity index (χ4n) is 1.48. The van der Waals surface area contributed by atoms with Crippen molar-refractivity contribution in [3.63, 3.8) is 0 Å². The van der Waals surface area contributed by atoms with Gasteiger partial charge in [0, 0.05) is 29.8 Å². The third kappa shape index (κ3) is 3.63. The number of thiazole rings is 1. The van der Waals surface area contributed by atoms with Crippen LogP contribution in [0.15, 0.2) is 17.5 Å². The zero-order chi connectivity index (χ0) is 12.1. The highest BCUT2D eigenvalue weighted by atomic mass is 32.1. The van der Waals surface area contributed by atoms with Crippen LogP contribution in [0.2, 0.25) is 0 Å². The molecule has 1 N–H and O–H groups in total. The summed E-state index contributed by atoms with van der Waals surface area (Å²) in [7, 11) is 0. The number of nitrogens with zero attached hydrogens (tertiary/aromatic N) is 2. The molecule has 2 heterocycles. The summed E-state index contributed by atoms with van der Waals surface area (Å²) >= 11 is 3.24. The third-order valence-corrected chi connectivity index (χ3v) is 4.11. The maximum Gasteiger partial charge on any atom is 0.110 e. The van der Waals surface area contributed by atoms with Crippen molar-refractivity contribution >= 4 is 22.7 Å². The predicted octanol–water partition coefficient (Wildman–Crippen LogP) is 2.72. The van der Waals surface area contributed by atoms with Crippen LogP contribution in [0, 0.1) is 18.3 Å². The molecule has 0 aliphatic heterocycles. The van der Waals surface area contributed by atoms with Crippen molar-refractivity contribution in [2.75, 3.05) is 6.54 Å². The number of nitrogens with one attached hydrogen (secondary N) is 1. The van der Waals surface area contributed by atoms with Crippen LogP contribution < -0.4 is 5.32 Å². The van der Waals surface area contributed by atoms with Crippen LogP contribution in [0.25, 0.3) is 0 Å². The van der Waals surface area contributed by atoms with E-state index in [0.717, 1.165) is 35.1 Å². The van der Waals surface area contributed by atoms with Crippen LogP contribution in [-0.4, -0.2) is 11.5 Å². The number of aryl methyl sites for hydroxylation is 1. The molecule has 0 aliphatic rings. The van der Waals surface area contributed by atoms with Crippen molar-refractivity contribution in [1.82, 2.24) is 10.3 Å². The first-order chi connectivity index (χ1) is 8.28. The molecule has 0 aliphatic carbocycles. The highest BCUT2D eigenvalue weighted by molar-refractivity contribution is 7.12. The van der Waals surface area contributed by atoms with Crippen LogP contribution in [0.3, 0.4) is 0 Å². The van der Waals surface area contributed by atoms with E-state index in [1.54, 1.807) is 22.7 Å². The molecule has 17 heavy (non-hydrogen) atoms. The molecule has 3 nitrogen and oxygen atoms in total. The molecule has 0 atom stereocenters. The van der Waals surface area contributed by atoms with Crippen LogP contribution in [-0.2, 0) is 13.0 Å². The monoisotopic (exact) mass is 263 g/mol. The zero-order valence-corrected chi connectivity index (χ0v) is 11.2. The molecule has 88 valence electrons. The van der Waals surface area contributed by atoms with Gasteiger partial charge in [0.2, 0.25) is 0 Å². The molecule has 0 amide bonds. The second-order valence-electron chi connectivity index (χ2n) is 3.66. The van der Waals surface area contributed by atoms with Gasteiger partial charge in [-0.05, 0) is 19.1 Å². The number of rotatable bonds is 5. The number of nitriles is 1. The van der Waals surface area contributed by atoms with Gasteiger partial charge in [0.05, 0.1) is 10.7 Å². The van der Waals surface area contributed by atoms with Gasteiger partial charge in [-0.25, -0.2) is 4.98 Å². The lowest BCUT2D eigenvalue weighted by Gasteiger charge is -2.00. The summed E-state index contributed by atoms with van der Waals surface area (Å²) in [6, 6.07) is 6.02. The Kier molecular flexibility index (Phi) is 4.26. The van der Waals surface area contributed by atoms with Crippen LogP contribution in [0.5, 0.6) is 0 Å². The molecule has 2 aromatic heterocycles. The van der Waals surface area contributed by atoms with Gasteiger partial charge in [-0.1, -0.05) is 0 Å². The van der Waals surface area contributed by atoms with Gasteiger partial charge in [0.15, 0.2) is 0 Å². The quantitative estimate of drug-likeness (QED) is 0.844. The Balaban J connectivity index is 1.71. The van der Waals surface area contributed by atoms with Gasteiger partial charge in [-0.15, -0.1) is 22.7 Å². The summed E-state index contributed by atoms with van der Waals surface area (Å²) in [6.07, 6.45) is 0.959. The molecule has 0 saturated carbocycles. The lowest BCUT2D eigenvalue weighted by atomic mass is 10.3. The second-order valence-corrected chi connectivity index (χ2v) is 5.89. The minimum atomic E-state index is 0.775. The molecule has 0 radical (unpaired) electrons. The van der Waals surface area contributed by atoms with Crippen molar-refractivity contribution < 1.29 is 0 Å². The van der Waals surface area contributed by atoms with Crippen LogP contribution >= 0.6 is 22.7 Å². The lowest BCUT2D eigenvalue weighted by Crippen LogP contribution is -2.16. The fourth-order valence-corrected chi connectivity index (χ4v) is 2.91. The first kappa shape index (κ1) is 12.2. The summed E-state index contributed by atoms with van der Waals surface area (Å²) in [5.74, 6) is 0. The molecule has 0 saturated heterocycles. The summed E-state index contributed by atoms with van der Waals surface area (Å²) in [5.41, 5.74) is 1.16. The molecule has 0 bridgehead atoms. The van der Waals surface area contributed by atoms with Gasteiger partial charge >= 0.3 is 0 Å². The largest absolute Gasteiger partial charge is 0.311 e. The number of thiophene rings is 1. The Morgan fingerprint density at radius 1 is 1.47 bits per heavy atom. The average Bonchev–Trinajstić information content (AvgIpc) is 2.93. The molecule has 0 spiro atoms. The molecule has 2 rings (SSSR count). The molecule has 0 fully saturated rings. The summed E-state index contributed by atoms with van der Waals surface area (Å²) in [4.78, 5) is 6.39. The van der Waals surface area contributed by atoms with Crippen molar-refractivity contribution in [2.24, 2.45) is 0 Å². The van der Waals surface area contributed by atoms with Crippen LogP contribution in [0.1, 0.15) is 20.5 Å². The topological polar surface area (TPSA) is 48.7 Å². The van der Waals surface area contributed by atoms with Crippen LogP contribution in [0.4, 0.5) is 0 Å². The first-order valence-electron chi connectivity index (χ1n) is 5.38.